The van der Waals surface area contributed by atoms with Gasteiger partial charge >= 0.3 is 0 Å². The molecule has 4 aliphatic rings. The van der Waals surface area contributed by atoms with Crippen molar-refractivity contribution in [3.8, 4) is 46.3 Å². The van der Waals surface area contributed by atoms with E-state index in [2.05, 4.69) is 66.2 Å². The highest BCUT2D eigenvalue weighted by Gasteiger charge is 2.29. The summed E-state index contributed by atoms with van der Waals surface area (Å²) in [6.45, 7) is 5.83. The molecule has 0 saturated carbocycles. The monoisotopic (exact) mass is 1510 g/mol. The maximum absolute atomic E-state index is 15.0. The molecule has 0 fully saturated rings. The molecule has 29 nitrogen and oxygen atoms in total. The summed E-state index contributed by atoms with van der Waals surface area (Å²) in [6, 6.07) is 49.7. The minimum Gasteiger partial charge on any atom is -0.507 e. The van der Waals surface area contributed by atoms with E-state index >= 15 is 4.39 Å². The molecule has 0 radical (unpaired) electrons. The van der Waals surface area contributed by atoms with Gasteiger partial charge in [0.1, 0.15) is 98.2 Å². The van der Waals surface area contributed by atoms with E-state index in [1.165, 1.54) is 27.7 Å². The van der Waals surface area contributed by atoms with Crippen molar-refractivity contribution in [1.29, 1.82) is 0 Å². The zero-order chi connectivity index (χ0) is 76.3. The summed E-state index contributed by atoms with van der Waals surface area (Å²) in [7, 11) is 7.73. The quantitative estimate of drug-likeness (QED) is 0.0302. The standard InChI is InChI=1S/C22H18ClFN4O3.2C11H12N2O4.C9H8N2O3.C9H9NO.C6H5ClO.C6H7FN2/c1-25-19(22-26-11-6-12-29-22)14-7-2-4-9-16(14)30-20-18(24)21(28-13-27-20)31-17-10-5-3-8-15(17)23;1-15-12-10(11-13-17-7-6-16-11)8-4-2-3-5-9(8)14;1-15-12-10-8-4-2-3-5-9(8)17-11(10)13-16-7-6-14;1-13-11-8-6-4-2-3-5-7(6)14-9(8)10-12;1-10-8-6-11-9-5-3-2-4-7(8)9;7-5-3-1-2-4-6(5)8;1-4-6(7)5(2)9-3-8-4/h2-5,7-10,13H,6,11-12H2,1H3;2*2-5,14H,6-7H2,1H3;2-5,11H,1H3;2-5H,6H2,1H3;1-4,8H;3H,1-2H3/b;12-10+;12-10+,13-11?;;;;. The highest BCUT2D eigenvalue weighted by atomic mass is 35.5. The van der Waals surface area contributed by atoms with Gasteiger partial charge in [0.2, 0.25) is 11.7 Å². The molecule has 0 bridgehead atoms. The van der Waals surface area contributed by atoms with Crippen LogP contribution in [0, 0.1) is 30.4 Å². The summed E-state index contributed by atoms with van der Waals surface area (Å²) in [5.74, 6) is 1.46. The fourth-order valence-corrected chi connectivity index (χ4v) is 9.57. The van der Waals surface area contributed by atoms with Crippen LogP contribution in [-0.4, -0.2) is 157 Å². The molecule has 0 amide bonds. The van der Waals surface area contributed by atoms with Gasteiger partial charge in [-0.3, -0.25) is 20.3 Å². The van der Waals surface area contributed by atoms with Crippen molar-refractivity contribution in [3.63, 3.8) is 0 Å². The molecular formula is C74H71Cl2F2N13O16. The zero-order valence-electron chi connectivity index (χ0n) is 58.5. The van der Waals surface area contributed by atoms with Gasteiger partial charge in [0.05, 0.1) is 58.6 Å². The Bertz CT molecular complexity index is 4790. The minimum absolute atomic E-state index is 0.00644. The third-order valence-electron chi connectivity index (χ3n) is 14.2. The molecule has 0 atom stereocenters. The molecule has 107 heavy (non-hydrogen) atoms. The maximum Gasteiger partial charge on any atom is 0.287 e. The number of halogens is 4. The highest BCUT2D eigenvalue weighted by Crippen LogP contribution is 2.38. The predicted molar refractivity (Wildman–Crippen MR) is 399 cm³/mol. The number of para-hydroxylation sites is 7. The summed E-state index contributed by atoms with van der Waals surface area (Å²) in [5, 5.41) is 46.5. The number of furan rings is 1. The number of fused-ring (bicyclic) bond motifs is 3. The number of aromatic nitrogens is 4. The second kappa shape index (κ2) is 42.2. The number of hydrogen-bond donors (Lipinski definition) is 4. The number of nitrogens with one attached hydrogen (secondary N) is 1. The largest absolute Gasteiger partial charge is 0.507 e. The number of ether oxygens (including phenoxy) is 6. The number of aryl methyl sites for hydroxylation is 2. The number of phenolic OH excluding ortho intramolecular Hbond substituents is 2. The van der Waals surface area contributed by atoms with Gasteiger partial charge in [0, 0.05) is 48.8 Å². The Morgan fingerprint density at radius 2 is 1.24 bits per heavy atom. The van der Waals surface area contributed by atoms with Gasteiger partial charge in [-0.05, 0) is 109 Å². The number of aliphatic hydroxyl groups is 1. The number of benzene rings is 7. The third-order valence-corrected chi connectivity index (χ3v) is 14.8. The second-order valence-corrected chi connectivity index (χ2v) is 22.0. The average molecular weight is 1510 g/mol. The summed E-state index contributed by atoms with van der Waals surface area (Å²) in [4.78, 5) is 62.3. The van der Waals surface area contributed by atoms with Gasteiger partial charge in [0.15, 0.2) is 23.8 Å². The van der Waals surface area contributed by atoms with Crippen LogP contribution < -0.4 is 24.4 Å². The molecular weight excluding hydrogens is 1440 g/mol. The number of nitroso groups, excluding NO2 is 1. The Hall–Kier alpha value is -12.7. The van der Waals surface area contributed by atoms with E-state index in [0.717, 1.165) is 40.7 Å². The van der Waals surface area contributed by atoms with Crippen molar-refractivity contribution in [2.24, 2.45) is 40.8 Å². The van der Waals surface area contributed by atoms with E-state index in [1.807, 2.05) is 66.7 Å². The normalized spacial score (nSPS) is 14.1. The van der Waals surface area contributed by atoms with E-state index in [1.54, 1.807) is 131 Å². The van der Waals surface area contributed by atoms with Crippen LogP contribution in [0.15, 0.2) is 228 Å². The molecule has 556 valence electrons. The van der Waals surface area contributed by atoms with E-state index in [4.69, 9.17) is 90.4 Å². The maximum atomic E-state index is 15.0. The van der Waals surface area contributed by atoms with Crippen LogP contribution in [0.25, 0.3) is 11.0 Å². The number of aromatic hydroxyl groups is 2. The van der Waals surface area contributed by atoms with E-state index in [0.29, 0.717) is 111 Å². The van der Waals surface area contributed by atoms with Gasteiger partial charge in [-0.2, -0.15) is 14.4 Å². The molecule has 14 rings (SSSR count). The summed E-state index contributed by atoms with van der Waals surface area (Å²) >= 11 is 11.5. The minimum atomic E-state index is -0.863. The lowest BCUT2D eigenvalue weighted by Crippen LogP contribution is -2.25. The van der Waals surface area contributed by atoms with E-state index in [9.17, 15) is 14.4 Å². The molecule has 4 aliphatic heterocycles. The van der Waals surface area contributed by atoms with Crippen LogP contribution in [0.5, 0.6) is 46.3 Å². The molecule has 10 aromatic rings. The first kappa shape index (κ1) is 80.0. The second-order valence-electron chi connectivity index (χ2n) is 21.2. The number of oxime groups is 4. The van der Waals surface area contributed by atoms with Crippen LogP contribution in [0.4, 0.5) is 20.4 Å². The molecule has 0 saturated heterocycles. The third kappa shape index (κ3) is 22.6. The molecule has 0 spiro atoms. The molecule has 7 heterocycles. The Labute approximate surface area is 621 Å². The molecule has 0 unspecified atom stereocenters. The molecule has 0 aliphatic carbocycles. The van der Waals surface area contributed by atoms with E-state index in [-0.39, 0.29) is 65.7 Å². The Balaban J connectivity index is 0.000000165. The summed E-state index contributed by atoms with van der Waals surface area (Å²) in [5.41, 5.74) is 9.74. The highest BCUT2D eigenvalue weighted by molar-refractivity contribution is 6.49. The first-order chi connectivity index (χ1) is 52.2. The average Bonchev–Trinajstić information content (AvgIpc) is 1.63. The number of hydrogen-bond acceptors (Lipinski definition) is 29. The van der Waals surface area contributed by atoms with Gasteiger partial charge in [0.25, 0.3) is 29.4 Å². The molecule has 33 heteroatoms. The topological polar surface area (TPSA) is 355 Å². The number of anilines is 1. The van der Waals surface area contributed by atoms with Crippen molar-refractivity contribution in [1.82, 2.24) is 19.9 Å². The Morgan fingerprint density at radius 3 is 1.85 bits per heavy atom. The van der Waals surface area contributed by atoms with Crippen molar-refractivity contribution >= 4 is 86.3 Å². The van der Waals surface area contributed by atoms with Crippen LogP contribution in [0.1, 0.15) is 40.1 Å². The van der Waals surface area contributed by atoms with Crippen molar-refractivity contribution in [3.05, 3.63) is 243 Å². The van der Waals surface area contributed by atoms with Crippen molar-refractivity contribution in [2.75, 3.05) is 87.1 Å². The molecule has 7 aromatic carbocycles. The SMILES string of the molecule is CN=C(C1=NCCCO1)c1ccccc1Oc1ncnc(Oc2ccccc2Cl)c1F.CN=C1COc2ccccc21.CO/N=C(/C1=NOCCO1)c1ccccc1O.CO/N=C1/C(=NOCCO)Oc2ccccc21.CONc1c(N=O)oc2ccccc12.Cc1ncnc(C)c1F.Oc1ccccc1Cl. The van der Waals surface area contributed by atoms with Gasteiger partial charge in [-0.25, -0.2) is 19.4 Å². The van der Waals surface area contributed by atoms with Crippen LogP contribution in [-0.2, 0) is 33.7 Å². The number of phenols is 2. The number of nitrogens with zero attached hydrogens (tertiary/aromatic N) is 12. The Morgan fingerprint density at radius 1 is 0.626 bits per heavy atom. The summed E-state index contributed by atoms with van der Waals surface area (Å²) < 4.78 is 65.9. The van der Waals surface area contributed by atoms with Crippen LogP contribution >= 0.6 is 23.2 Å². The lowest BCUT2D eigenvalue weighted by Gasteiger charge is -2.17. The fraction of sp³-hybridized carbons (Fsp3) is 0.203. The van der Waals surface area contributed by atoms with Gasteiger partial charge < -0.3 is 67.5 Å². The smallest absolute Gasteiger partial charge is 0.287 e. The number of aliphatic imine (C=N–C) groups is 3. The number of rotatable bonds is 16. The Kier molecular flexibility index (Phi) is 31.5. The fourth-order valence-electron chi connectivity index (χ4n) is 9.26. The summed E-state index contributed by atoms with van der Waals surface area (Å²) in [6.07, 6.45) is 3.35. The molecule has 3 aromatic heterocycles. The van der Waals surface area contributed by atoms with Gasteiger partial charge in [-0.15, -0.1) is 4.91 Å². The van der Waals surface area contributed by atoms with Crippen molar-refractivity contribution in [2.45, 2.75) is 20.3 Å². The first-order valence-corrected chi connectivity index (χ1v) is 32.9. The van der Waals surface area contributed by atoms with E-state index < -0.39 is 5.82 Å². The lowest BCUT2D eigenvalue weighted by molar-refractivity contribution is 0.0672. The van der Waals surface area contributed by atoms with Crippen molar-refractivity contribution < 1.29 is 81.1 Å². The van der Waals surface area contributed by atoms with Gasteiger partial charge in [-0.1, -0.05) is 118 Å². The lowest BCUT2D eigenvalue weighted by atomic mass is 10.1. The zero-order valence-corrected chi connectivity index (χ0v) is 60.0. The molecule has 4 N–H and O–H groups in total. The first-order valence-electron chi connectivity index (χ1n) is 32.1. The number of aliphatic hydroxyl groups excluding tert-OH is 1. The van der Waals surface area contributed by atoms with Crippen LogP contribution in [0.3, 0.4) is 0 Å². The predicted octanol–water partition coefficient (Wildman–Crippen LogP) is 14.5. The van der Waals surface area contributed by atoms with Crippen LogP contribution in [0.2, 0.25) is 10.0 Å².